The average Bonchev–Trinajstić information content (AvgIpc) is 2.74. The van der Waals surface area contributed by atoms with E-state index in [9.17, 15) is 12.8 Å². The highest BCUT2D eigenvalue weighted by molar-refractivity contribution is 7.89. The maximum atomic E-state index is 13.6. The Morgan fingerprint density at radius 2 is 1.83 bits per heavy atom. The van der Waals surface area contributed by atoms with Gasteiger partial charge in [0.25, 0.3) is 0 Å². The molecule has 0 aliphatic carbocycles. The van der Waals surface area contributed by atoms with Gasteiger partial charge in [-0.2, -0.15) is 4.31 Å². The molecule has 7 nitrogen and oxygen atoms in total. The van der Waals surface area contributed by atoms with Crippen LogP contribution in [-0.4, -0.2) is 49.0 Å². The molecule has 1 saturated heterocycles. The van der Waals surface area contributed by atoms with E-state index in [0.717, 1.165) is 17.1 Å². The van der Waals surface area contributed by atoms with E-state index in [1.165, 1.54) is 23.5 Å². The van der Waals surface area contributed by atoms with E-state index in [0.29, 0.717) is 18.7 Å². The predicted molar refractivity (Wildman–Crippen MR) is 105 cm³/mol. The molecule has 1 fully saturated rings. The fourth-order valence-corrected chi connectivity index (χ4v) is 4.99. The van der Waals surface area contributed by atoms with Gasteiger partial charge in [-0.05, 0) is 43.2 Å². The predicted octanol–water partition coefficient (Wildman–Crippen LogP) is 3.01. The van der Waals surface area contributed by atoms with E-state index in [1.54, 1.807) is 6.20 Å². The molecule has 9 heteroatoms. The van der Waals surface area contributed by atoms with Crippen LogP contribution in [0.4, 0.5) is 4.39 Å². The van der Waals surface area contributed by atoms with Gasteiger partial charge in [0.2, 0.25) is 15.9 Å². The molecule has 3 aromatic rings. The summed E-state index contributed by atoms with van der Waals surface area (Å²) in [4.78, 5) is 8.60. The number of ether oxygens (including phenoxy) is 2. The lowest BCUT2D eigenvalue weighted by molar-refractivity contribution is 0.130. The third-order valence-electron chi connectivity index (χ3n) is 4.86. The number of aromatic nitrogens is 2. The van der Waals surface area contributed by atoms with Crippen LogP contribution in [0, 0.1) is 5.82 Å². The first kappa shape index (κ1) is 19.5. The van der Waals surface area contributed by atoms with Crippen LogP contribution >= 0.6 is 0 Å². The van der Waals surface area contributed by atoms with Gasteiger partial charge < -0.3 is 9.47 Å². The molecule has 0 unspecified atom stereocenters. The zero-order valence-electron chi connectivity index (χ0n) is 15.8. The van der Waals surface area contributed by atoms with E-state index in [-0.39, 0.29) is 29.8 Å². The first-order valence-electron chi connectivity index (χ1n) is 9.19. The summed E-state index contributed by atoms with van der Waals surface area (Å²) in [5.41, 5.74) is 1.52. The van der Waals surface area contributed by atoms with Crippen LogP contribution in [0.5, 0.6) is 11.6 Å². The molecule has 0 spiro atoms. The number of halogens is 1. The minimum absolute atomic E-state index is 0.121. The summed E-state index contributed by atoms with van der Waals surface area (Å²) in [7, 11) is -2.51. The molecule has 0 saturated carbocycles. The summed E-state index contributed by atoms with van der Waals surface area (Å²) in [6, 6.07) is 11.0. The van der Waals surface area contributed by atoms with Crippen LogP contribution in [0.25, 0.3) is 11.0 Å². The molecule has 1 aliphatic rings. The van der Waals surface area contributed by atoms with Crippen molar-refractivity contribution in [2.24, 2.45) is 0 Å². The SMILES string of the molecule is COc1ccc(F)cc1S(=O)(=O)N1CCC(Oc2cnc3ccccc3n2)CC1. The Labute approximate surface area is 168 Å². The molecule has 2 aromatic carbocycles. The normalized spacial score (nSPS) is 16.1. The Morgan fingerprint density at radius 3 is 2.55 bits per heavy atom. The molecule has 152 valence electrons. The maximum absolute atomic E-state index is 13.6. The van der Waals surface area contributed by atoms with E-state index in [2.05, 4.69) is 9.97 Å². The molecular weight excluding hydrogens is 397 g/mol. The lowest BCUT2D eigenvalue weighted by Gasteiger charge is -2.31. The van der Waals surface area contributed by atoms with Crippen LogP contribution in [0.2, 0.25) is 0 Å². The number of para-hydroxylation sites is 2. The number of methoxy groups -OCH3 is 1. The number of nitrogens with zero attached hydrogens (tertiary/aromatic N) is 3. The van der Waals surface area contributed by atoms with Gasteiger partial charge in [-0.1, -0.05) is 12.1 Å². The molecule has 1 aliphatic heterocycles. The number of benzene rings is 2. The minimum atomic E-state index is -3.87. The number of rotatable bonds is 5. The molecule has 1 aromatic heterocycles. The number of piperidine rings is 1. The fraction of sp³-hybridized carbons (Fsp3) is 0.300. The Kier molecular flexibility index (Phi) is 5.33. The lowest BCUT2D eigenvalue weighted by atomic mass is 10.1. The minimum Gasteiger partial charge on any atom is -0.495 e. The van der Waals surface area contributed by atoms with Gasteiger partial charge in [0.15, 0.2) is 0 Å². The van der Waals surface area contributed by atoms with Crippen molar-refractivity contribution in [3.05, 3.63) is 54.5 Å². The van der Waals surface area contributed by atoms with Gasteiger partial charge in [-0.25, -0.2) is 22.8 Å². The molecule has 0 bridgehead atoms. The fourth-order valence-electron chi connectivity index (χ4n) is 3.35. The summed E-state index contributed by atoms with van der Waals surface area (Å²) in [5, 5.41) is 0. The van der Waals surface area contributed by atoms with Crippen molar-refractivity contribution < 1.29 is 22.3 Å². The van der Waals surface area contributed by atoms with Crippen molar-refractivity contribution in [2.45, 2.75) is 23.8 Å². The second kappa shape index (κ2) is 7.92. The summed E-state index contributed by atoms with van der Waals surface area (Å²) >= 11 is 0. The van der Waals surface area contributed by atoms with Gasteiger partial charge in [-0.3, -0.25) is 0 Å². The topological polar surface area (TPSA) is 81.6 Å². The Hall–Kier alpha value is -2.78. The molecule has 2 heterocycles. The van der Waals surface area contributed by atoms with Crippen molar-refractivity contribution in [2.75, 3.05) is 20.2 Å². The van der Waals surface area contributed by atoms with Crippen LogP contribution in [0.3, 0.4) is 0 Å². The Bertz CT molecular complexity index is 1130. The second-order valence-electron chi connectivity index (χ2n) is 6.71. The molecule has 29 heavy (non-hydrogen) atoms. The quantitative estimate of drug-likeness (QED) is 0.635. The summed E-state index contributed by atoms with van der Waals surface area (Å²) < 4.78 is 51.9. The highest BCUT2D eigenvalue weighted by Gasteiger charge is 2.32. The number of hydrogen-bond donors (Lipinski definition) is 0. The standard InChI is InChI=1S/C20H20FN3O4S/c1-27-18-7-6-14(21)12-19(18)29(25,26)24-10-8-15(9-11-24)28-20-13-22-16-4-2-3-5-17(16)23-20/h2-7,12-13,15H,8-11H2,1H3. The molecule has 0 atom stereocenters. The molecule has 0 amide bonds. The number of hydrogen-bond acceptors (Lipinski definition) is 6. The first-order valence-corrected chi connectivity index (χ1v) is 10.6. The van der Waals surface area contributed by atoms with Gasteiger partial charge in [0, 0.05) is 13.1 Å². The van der Waals surface area contributed by atoms with Crippen molar-refractivity contribution >= 4 is 21.1 Å². The zero-order chi connectivity index (χ0) is 20.4. The van der Waals surface area contributed by atoms with Crippen molar-refractivity contribution in [1.82, 2.24) is 14.3 Å². The smallest absolute Gasteiger partial charge is 0.246 e. The third kappa shape index (κ3) is 4.01. The highest BCUT2D eigenvalue weighted by atomic mass is 32.2. The van der Waals surface area contributed by atoms with Crippen LogP contribution in [-0.2, 0) is 10.0 Å². The van der Waals surface area contributed by atoms with E-state index >= 15 is 0 Å². The van der Waals surface area contributed by atoms with Gasteiger partial charge in [0.1, 0.15) is 22.6 Å². The van der Waals surface area contributed by atoms with E-state index in [4.69, 9.17) is 9.47 Å². The summed E-state index contributed by atoms with van der Waals surface area (Å²) in [6.07, 6.45) is 2.38. The Balaban J connectivity index is 1.45. The van der Waals surface area contributed by atoms with Crippen LogP contribution in [0.1, 0.15) is 12.8 Å². The van der Waals surface area contributed by atoms with Gasteiger partial charge in [-0.15, -0.1) is 0 Å². The summed E-state index contributed by atoms with van der Waals surface area (Å²) in [5.74, 6) is -0.0921. The van der Waals surface area contributed by atoms with E-state index in [1.807, 2.05) is 24.3 Å². The number of sulfonamides is 1. The average molecular weight is 417 g/mol. The van der Waals surface area contributed by atoms with Crippen LogP contribution in [0.15, 0.2) is 53.6 Å². The highest BCUT2D eigenvalue weighted by Crippen LogP contribution is 2.30. The van der Waals surface area contributed by atoms with Crippen molar-refractivity contribution in [1.29, 1.82) is 0 Å². The largest absolute Gasteiger partial charge is 0.495 e. The van der Waals surface area contributed by atoms with Crippen molar-refractivity contribution in [3.8, 4) is 11.6 Å². The van der Waals surface area contributed by atoms with Crippen molar-refractivity contribution in [3.63, 3.8) is 0 Å². The maximum Gasteiger partial charge on any atom is 0.246 e. The van der Waals surface area contributed by atoms with Gasteiger partial charge >= 0.3 is 0 Å². The molecular formula is C20H20FN3O4S. The first-order chi connectivity index (χ1) is 14.0. The monoisotopic (exact) mass is 417 g/mol. The third-order valence-corrected chi connectivity index (χ3v) is 6.78. The zero-order valence-corrected chi connectivity index (χ0v) is 16.6. The van der Waals surface area contributed by atoms with Gasteiger partial charge in [0.05, 0.1) is 24.3 Å². The molecule has 0 N–H and O–H groups in total. The summed E-state index contributed by atoms with van der Waals surface area (Å²) in [6.45, 7) is 0.515. The number of fused-ring (bicyclic) bond motifs is 1. The van der Waals surface area contributed by atoms with Crippen LogP contribution < -0.4 is 9.47 Å². The second-order valence-corrected chi connectivity index (χ2v) is 8.62. The molecule has 4 rings (SSSR count). The Morgan fingerprint density at radius 1 is 1.10 bits per heavy atom. The van der Waals surface area contributed by atoms with E-state index < -0.39 is 15.8 Å². The lowest BCUT2D eigenvalue weighted by Crippen LogP contribution is -2.41. The molecule has 0 radical (unpaired) electrons.